The minimum Gasteiger partial charge on any atom is -0.381 e. The van der Waals surface area contributed by atoms with Crippen molar-refractivity contribution in [2.24, 2.45) is 0 Å². The van der Waals surface area contributed by atoms with E-state index in [1.54, 1.807) is 0 Å². The molecule has 0 unspecified atom stereocenters. The molecule has 15 heavy (non-hydrogen) atoms. The third kappa shape index (κ3) is 4.98. The Balaban J connectivity index is 2.11. The largest absolute Gasteiger partial charge is 0.381 e. The lowest BCUT2D eigenvalue weighted by Gasteiger charge is -2.14. The molecule has 0 aliphatic heterocycles. The fraction of sp³-hybridized carbons (Fsp3) is 0.750. The van der Waals surface area contributed by atoms with E-state index >= 15 is 0 Å². The number of imidazole rings is 1. The summed E-state index contributed by atoms with van der Waals surface area (Å²) >= 11 is 0. The van der Waals surface area contributed by atoms with Crippen molar-refractivity contribution in [3.05, 3.63) is 18.7 Å². The molecule has 0 aliphatic carbocycles. The molecular formula is C12H22N2O. The van der Waals surface area contributed by atoms with Crippen LogP contribution in [0, 0.1) is 0 Å². The van der Waals surface area contributed by atoms with E-state index in [9.17, 15) is 0 Å². The lowest BCUT2D eigenvalue weighted by Crippen LogP contribution is -2.11. The number of ether oxygens (including phenoxy) is 1. The molecule has 0 spiro atoms. The SMILES string of the molecule is CCCC[C@@H](CCCn1ccnc1)OC. The number of rotatable bonds is 8. The van der Waals surface area contributed by atoms with Crippen molar-refractivity contribution in [3.63, 3.8) is 0 Å². The monoisotopic (exact) mass is 210 g/mol. The fourth-order valence-corrected chi connectivity index (χ4v) is 1.73. The maximum atomic E-state index is 5.45. The van der Waals surface area contributed by atoms with E-state index in [2.05, 4.69) is 16.5 Å². The van der Waals surface area contributed by atoms with Gasteiger partial charge < -0.3 is 9.30 Å². The second kappa shape index (κ2) is 7.46. The maximum Gasteiger partial charge on any atom is 0.0945 e. The molecule has 0 bridgehead atoms. The van der Waals surface area contributed by atoms with Gasteiger partial charge in [-0.25, -0.2) is 4.98 Å². The van der Waals surface area contributed by atoms with Gasteiger partial charge in [0.25, 0.3) is 0 Å². The fourth-order valence-electron chi connectivity index (χ4n) is 1.73. The van der Waals surface area contributed by atoms with E-state index in [1.807, 2.05) is 25.8 Å². The van der Waals surface area contributed by atoms with Gasteiger partial charge in [0.15, 0.2) is 0 Å². The molecule has 1 rings (SSSR count). The molecule has 0 radical (unpaired) electrons. The van der Waals surface area contributed by atoms with Gasteiger partial charge in [0.1, 0.15) is 0 Å². The van der Waals surface area contributed by atoms with Gasteiger partial charge in [-0.2, -0.15) is 0 Å². The average Bonchev–Trinajstić information content (AvgIpc) is 2.76. The Bertz CT molecular complexity index is 234. The molecule has 1 atom stereocenters. The van der Waals surface area contributed by atoms with Crippen LogP contribution in [0.2, 0.25) is 0 Å². The van der Waals surface area contributed by atoms with Crippen LogP contribution in [0.1, 0.15) is 39.0 Å². The lowest BCUT2D eigenvalue weighted by molar-refractivity contribution is 0.0832. The topological polar surface area (TPSA) is 27.1 Å². The summed E-state index contributed by atoms with van der Waals surface area (Å²) in [7, 11) is 1.82. The van der Waals surface area contributed by atoms with Crippen LogP contribution >= 0.6 is 0 Å². The van der Waals surface area contributed by atoms with Crippen LogP contribution in [-0.4, -0.2) is 22.8 Å². The summed E-state index contributed by atoms with van der Waals surface area (Å²) in [6.45, 7) is 3.27. The Morgan fingerprint density at radius 1 is 1.33 bits per heavy atom. The molecule has 86 valence electrons. The second-order valence-electron chi connectivity index (χ2n) is 3.94. The number of unbranched alkanes of at least 4 members (excludes halogenated alkanes) is 1. The van der Waals surface area contributed by atoms with Gasteiger partial charge in [-0.15, -0.1) is 0 Å². The van der Waals surface area contributed by atoms with Crippen molar-refractivity contribution in [3.8, 4) is 0 Å². The molecule has 0 aliphatic rings. The highest BCUT2D eigenvalue weighted by molar-refractivity contribution is 4.74. The summed E-state index contributed by atoms with van der Waals surface area (Å²) in [6.07, 6.45) is 12.2. The summed E-state index contributed by atoms with van der Waals surface area (Å²) < 4.78 is 7.56. The summed E-state index contributed by atoms with van der Waals surface area (Å²) in [6, 6.07) is 0. The molecule has 3 nitrogen and oxygen atoms in total. The third-order valence-electron chi connectivity index (χ3n) is 2.71. The van der Waals surface area contributed by atoms with Crippen LogP contribution in [0.15, 0.2) is 18.7 Å². The molecule has 1 heterocycles. The smallest absolute Gasteiger partial charge is 0.0945 e. The van der Waals surface area contributed by atoms with Gasteiger partial charge in [0.2, 0.25) is 0 Å². The zero-order valence-corrected chi connectivity index (χ0v) is 9.85. The van der Waals surface area contributed by atoms with Crippen molar-refractivity contribution in [2.45, 2.75) is 51.7 Å². The highest BCUT2D eigenvalue weighted by Crippen LogP contribution is 2.10. The molecule has 0 N–H and O–H groups in total. The van der Waals surface area contributed by atoms with E-state index in [-0.39, 0.29) is 0 Å². The number of hydrogen-bond donors (Lipinski definition) is 0. The second-order valence-corrected chi connectivity index (χ2v) is 3.94. The summed E-state index contributed by atoms with van der Waals surface area (Å²) in [5.74, 6) is 0. The Hall–Kier alpha value is -0.830. The Morgan fingerprint density at radius 3 is 2.73 bits per heavy atom. The normalized spacial score (nSPS) is 12.9. The minimum absolute atomic E-state index is 0.438. The molecule has 0 saturated carbocycles. The van der Waals surface area contributed by atoms with E-state index in [0.29, 0.717) is 6.10 Å². The van der Waals surface area contributed by atoms with E-state index in [4.69, 9.17) is 4.74 Å². The highest BCUT2D eigenvalue weighted by atomic mass is 16.5. The first kappa shape index (κ1) is 12.2. The maximum absolute atomic E-state index is 5.45. The molecule has 1 aromatic rings. The van der Waals surface area contributed by atoms with Gasteiger partial charge in [-0.3, -0.25) is 0 Å². The van der Waals surface area contributed by atoms with Gasteiger partial charge >= 0.3 is 0 Å². The molecule has 0 amide bonds. The number of methoxy groups -OCH3 is 1. The summed E-state index contributed by atoms with van der Waals surface area (Å²) in [4.78, 5) is 4.02. The first-order valence-electron chi connectivity index (χ1n) is 5.85. The molecule has 3 heteroatoms. The van der Waals surface area contributed by atoms with Gasteiger partial charge in [0.05, 0.1) is 12.4 Å². The van der Waals surface area contributed by atoms with Crippen LogP contribution in [0.25, 0.3) is 0 Å². The van der Waals surface area contributed by atoms with Gasteiger partial charge in [0, 0.05) is 26.0 Å². The Morgan fingerprint density at radius 2 is 2.13 bits per heavy atom. The van der Waals surface area contributed by atoms with Crippen molar-refractivity contribution >= 4 is 0 Å². The number of aryl methyl sites for hydroxylation is 1. The van der Waals surface area contributed by atoms with Crippen LogP contribution in [-0.2, 0) is 11.3 Å². The van der Waals surface area contributed by atoms with Gasteiger partial charge in [-0.05, 0) is 19.3 Å². The number of nitrogens with zero attached hydrogens (tertiary/aromatic N) is 2. The van der Waals surface area contributed by atoms with Crippen molar-refractivity contribution in [1.82, 2.24) is 9.55 Å². The van der Waals surface area contributed by atoms with E-state index in [1.165, 1.54) is 25.7 Å². The van der Waals surface area contributed by atoms with Crippen LogP contribution in [0.5, 0.6) is 0 Å². The Labute approximate surface area is 92.5 Å². The third-order valence-corrected chi connectivity index (χ3v) is 2.71. The van der Waals surface area contributed by atoms with E-state index < -0.39 is 0 Å². The molecule has 0 fully saturated rings. The van der Waals surface area contributed by atoms with Gasteiger partial charge in [-0.1, -0.05) is 19.8 Å². The lowest BCUT2D eigenvalue weighted by atomic mass is 10.1. The Kier molecular flexibility index (Phi) is 6.09. The summed E-state index contributed by atoms with van der Waals surface area (Å²) in [5.41, 5.74) is 0. The highest BCUT2D eigenvalue weighted by Gasteiger charge is 2.05. The quantitative estimate of drug-likeness (QED) is 0.659. The van der Waals surface area contributed by atoms with E-state index in [0.717, 1.165) is 13.0 Å². The van der Waals surface area contributed by atoms with Crippen molar-refractivity contribution < 1.29 is 4.74 Å². The number of aromatic nitrogens is 2. The summed E-state index contributed by atoms with van der Waals surface area (Å²) in [5, 5.41) is 0. The minimum atomic E-state index is 0.438. The predicted octanol–water partition coefficient (Wildman–Crippen LogP) is 2.87. The van der Waals surface area contributed by atoms with Crippen molar-refractivity contribution in [1.29, 1.82) is 0 Å². The molecule has 0 aromatic carbocycles. The number of hydrogen-bond acceptors (Lipinski definition) is 2. The van der Waals surface area contributed by atoms with Crippen LogP contribution in [0.4, 0.5) is 0 Å². The molecule has 0 saturated heterocycles. The standard InChI is InChI=1S/C12H22N2O/c1-3-4-6-12(15-2)7-5-9-14-10-8-13-11-14/h8,10-12H,3-7,9H2,1-2H3/t12-/m0/s1. The van der Waals surface area contributed by atoms with Crippen LogP contribution < -0.4 is 0 Å². The zero-order valence-electron chi connectivity index (χ0n) is 9.85. The zero-order chi connectivity index (χ0) is 10.9. The molecule has 1 aromatic heterocycles. The van der Waals surface area contributed by atoms with Crippen molar-refractivity contribution in [2.75, 3.05) is 7.11 Å². The predicted molar refractivity (Wildman–Crippen MR) is 61.8 cm³/mol. The van der Waals surface area contributed by atoms with Crippen LogP contribution in [0.3, 0.4) is 0 Å². The average molecular weight is 210 g/mol. The first-order valence-corrected chi connectivity index (χ1v) is 5.85. The molecular weight excluding hydrogens is 188 g/mol. The first-order chi connectivity index (χ1) is 7.36.